The highest BCUT2D eigenvalue weighted by molar-refractivity contribution is 6.32. The number of carbonyl (C=O) groups is 1. The van der Waals surface area contributed by atoms with E-state index in [1.54, 1.807) is 24.3 Å². The summed E-state index contributed by atoms with van der Waals surface area (Å²) in [6.45, 7) is 2.51. The average Bonchev–Trinajstić information content (AvgIpc) is 2.75. The quantitative estimate of drug-likeness (QED) is 0.510. The summed E-state index contributed by atoms with van der Waals surface area (Å²) in [6, 6.07) is 10.6. The van der Waals surface area contributed by atoms with Gasteiger partial charge in [-0.05, 0) is 62.0 Å². The largest absolute Gasteiger partial charge is 0.496 e. The van der Waals surface area contributed by atoms with Gasteiger partial charge in [0.25, 0.3) is 5.91 Å². The highest BCUT2D eigenvalue weighted by atomic mass is 35.5. The third kappa shape index (κ3) is 6.26. The van der Waals surface area contributed by atoms with Crippen LogP contribution in [0.5, 0.6) is 11.5 Å². The molecule has 1 saturated heterocycles. The predicted octanol–water partition coefficient (Wildman–Crippen LogP) is 2.72. The van der Waals surface area contributed by atoms with E-state index < -0.39 is 12.0 Å². The lowest BCUT2D eigenvalue weighted by atomic mass is 9.88. The molecule has 2 aromatic rings. The molecule has 7 nitrogen and oxygen atoms in total. The molecule has 31 heavy (non-hydrogen) atoms. The van der Waals surface area contributed by atoms with E-state index in [0.29, 0.717) is 40.2 Å². The number of ether oxygens (including phenoxy) is 2. The lowest BCUT2D eigenvalue weighted by Crippen LogP contribution is -2.41. The molecule has 1 aliphatic heterocycles. The van der Waals surface area contributed by atoms with Gasteiger partial charge in [0.05, 0.1) is 17.7 Å². The Hall–Kier alpha value is -2.48. The predicted molar refractivity (Wildman–Crippen MR) is 122 cm³/mol. The van der Waals surface area contributed by atoms with Gasteiger partial charge in [0.1, 0.15) is 24.2 Å². The number of nitrogens with zero attached hydrogens (tertiary/aromatic N) is 1. The van der Waals surface area contributed by atoms with Crippen molar-refractivity contribution in [3.05, 3.63) is 52.5 Å². The van der Waals surface area contributed by atoms with Gasteiger partial charge in [-0.25, -0.2) is 0 Å². The number of carbonyl (C=O) groups excluding carboxylic acids is 1. The molecular weight excluding hydrogens is 418 g/mol. The maximum atomic E-state index is 11.7. The van der Waals surface area contributed by atoms with Crippen molar-refractivity contribution in [2.45, 2.75) is 25.4 Å². The number of rotatable bonds is 9. The van der Waals surface area contributed by atoms with Gasteiger partial charge in [0.15, 0.2) is 0 Å². The number of primary amides is 1. The SMILES string of the molecule is COc1cc(N)c(CC2CCN(CC(O)COc3ccccc3Cl)CC2)cc1C(N)=O. The van der Waals surface area contributed by atoms with Gasteiger partial charge in [0, 0.05) is 18.3 Å². The van der Waals surface area contributed by atoms with E-state index >= 15 is 0 Å². The Bertz CT molecular complexity index is 900. The van der Waals surface area contributed by atoms with Gasteiger partial charge < -0.3 is 30.9 Å². The van der Waals surface area contributed by atoms with E-state index in [1.165, 1.54) is 7.11 Å². The number of aliphatic hydroxyl groups is 1. The van der Waals surface area contributed by atoms with E-state index in [-0.39, 0.29) is 6.61 Å². The number of benzene rings is 2. The molecule has 1 unspecified atom stereocenters. The molecule has 0 spiro atoms. The molecule has 1 heterocycles. The number of nitrogen functional groups attached to an aromatic ring is 1. The minimum Gasteiger partial charge on any atom is -0.496 e. The number of nitrogens with two attached hydrogens (primary N) is 2. The van der Waals surface area contributed by atoms with Crippen molar-refractivity contribution in [3.63, 3.8) is 0 Å². The van der Waals surface area contributed by atoms with Crippen molar-refractivity contribution in [3.8, 4) is 11.5 Å². The van der Waals surface area contributed by atoms with E-state index in [9.17, 15) is 9.90 Å². The summed E-state index contributed by atoms with van der Waals surface area (Å²) >= 11 is 6.08. The van der Waals surface area contributed by atoms with Crippen molar-refractivity contribution >= 4 is 23.2 Å². The summed E-state index contributed by atoms with van der Waals surface area (Å²) in [5.74, 6) is 0.899. The Balaban J connectivity index is 1.48. The number of para-hydroxylation sites is 1. The molecule has 0 radical (unpaired) electrons. The minimum atomic E-state index is -0.594. The van der Waals surface area contributed by atoms with E-state index in [0.717, 1.165) is 37.9 Å². The van der Waals surface area contributed by atoms with Gasteiger partial charge in [-0.1, -0.05) is 23.7 Å². The summed E-state index contributed by atoms with van der Waals surface area (Å²) in [6.07, 6.45) is 2.15. The summed E-state index contributed by atoms with van der Waals surface area (Å²) in [4.78, 5) is 13.9. The standard InChI is InChI=1S/C23H30ClN3O4/c1-30-22-12-20(25)16(11-18(22)23(26)29)10-15-6-8-27(9-7-15)13-17(28)14-31-21-5-3-2-4-19(21)24/h2-5,11-12,15,17,28H,6-10,13-14,25H2,1H3,(H2,26,29). The number of amides is 1. The zero-order valence-electron chi connectivity index (χ0n) is 17.7. The number of aliphatic hydroxyl groups excluding tert-OH is 1. The number of methoxy groups -OCH3 is 1. The second-order valence-corrected chi connectivity index (χ2v) is 8.37. The van der Waals surface area contributed by atoms with Crippen LogP contribution in [0.15, 0.2) is 36.4 Å². The Kier molecular flexibility index (Phi) is 8.01. The molecule has 5 N–H and O–H groups in total. The summed E-state index contributed by atoms with van der Waals surface area (Å²) in [7, 11) is 1.49. The first-order valence-electron chi connectivity index (χ1n) is 10.4. The first-order chi connectivity index (χ1) is 14.9. The number of hydrogen-bond donors (Lipinski definition) is 3. The Morgan fingerprint density at radius 1 is 1.26 bits per heavy atom. The normalized spacial score (nSPS) is 16.1. The van der Waals surface area contributed by atoms with Gasteiger partial charge in [-0.2, -0.15) is 0 Å². The van der Waals surface area contributed by atoms with Crippen molar-refractivity contribution in [2.24, 2.45) is 11.7 Å². The number of anilines is 1. The molecular formula is C23H30ClN3O4. The van der Waals surface area contributed by atoms with E-state index in [2.05, 4.69) is 4.90 Å². The lowest BCUT2D eigenvalue weighted by Gasteiger charge is -2.33. The maximum absolute atomic E-state index is 11.7. The van der Waals surface area contributed by atoms with E-state index in [4.69, 9.17) is 32.5 Å². The van der Waals surface area contributed by atoms with Gasteiger partial charge in [-0.3, -0.25) is 4.79 Å². The number of β-amino-alcohol motifs (C(OH)–C–C–N with tert-alkyl or cyclic N) is 1. The topological polar surface area (TPSA) is 111 Å². The monoisotopic (exact) mass is 447 g/mol. The van der Waals surface area contributed by atoms with Crippen LogP contribution < -0.4 is 20.9 Å². The van der Waals surface area contributed by atoms with Crippen LogP contribution in [-0.2, 0) is 6.42 Å². The summed E-state index contributed by atoms with van der Waals surface area (Å²) in [5, 5.41) is 10.9. The highest BCUT2D eigenvalue weighted by Crippen LogP contribution is 2.30. The van der Waals surface area contributed by atoms with Crippen molar-refractivity contribution < 1.29 is 19.4 Å². The fourth-order valence-corrected chi connectivity index (χ4v) is 4.15. The molecule has 0 aliphatic carbocycles. The van der Waals surface area contributed by atoms with E-state index in [1.807, 2.05) is 12.1 Å². The molecule has 0 aromatic heterocycles. The zero-order valence-corrected chi connectivity index (χ0v) is 18.5. The minimum absolute atomic E-state index is 0.196. The van der Waals surface area contributed by atoms with Gasteiger partial charge >= 0.3 is 0 Å². The maximum Gasteiger partial charge on any atom is 0.252 e. The second kappa shape index (κ2) is 10.7. The number of halogens is 1. The Morgan fingerprint density at radius 3 is 2.61 bits per heavy atom. The third-order valence-corrected chi connectivity index (χ3v) is 5.99. The van der Waals surface area contributed by atoms with Crippen LogP contribution in [0.4, 0.5) is 5.69 Å². The molecule has 1 aliphatic rings. The summed E-state index contributed by atoms with van der Waals surface area (Å²) < 4.78 is 10.8. The van der Waals surface area contributed by atoms with Gasteiger partial charge in [0.2, 0.25) is 0 Å². The van der Waals surface area contributed by atoms with Crippen molar-refractivity contribution in [1.82, 2.24) is 4.90 Å². The fraction of sp³-hybridized carbons (Fsp3) is 0.435. The molecule has 2 aromatic carbocycles. The molecule has 0 bridgehead atoms. The summed E-state index contributed by atoms with van der Waals surface area (Å²) in [5.41, 5.74) is 13.5. The molecule has 1 atom stereocenters. The van der Waals surface area contributed by atoms with Crippen LogP contribution in [0, 0.1) is 5.92 Å². The first-order valence-corrected chi connectivity index (χ1v) is 10.8. The molecule has 3 rings (SSSR count). The molecule has 0 saturated carbocycles. The Morgan fingerprint density at radius 2 is 1.97 bits per heavy atom. The van der Waals surface area contributed by atoms with Crippen LogP contribution in [0.1, 0.15) is 28.8 Å². The third-order valence-electron chi connectivity index (χ3n) is 5.68. The lowest BCUT2D eigenvalue weighted by molar-refractivity contribution is 0.0551. The average molecular weight is 448 g/mol. The molecule has 168 valence electrons. The van der Waals surface area contributed by atoms with Crippen LogP contribution in [0.3, 0.4) is 0 Å². The molecule has 8 heteroatoms. The Labute approximate surface area is 187 Å². The first kappa shape index (κ1) is 23.2. The smallest absolute Gasteiger partial charge is 0.252 e. The number of piperidine rings is 1. The van der Waals surface area contributed by atoms with Crippen molar-refractivity contribution in [1.29, 1.82) is 0 Å². The number of likely N-dealkylation sites (tertiary alicyclic amines) is 1. The molecule has 1 amide bonds. The fourth-order valence-electron chi connectivity index (χ4n) is 3.96. The number of hydrogen-bond acceptors (Lipinski definition) is 6. The van der Waals surface area contributed by atoms with Crippen molar-refractivity contribution in [2.75, 3.05) is 39.1 Å². The second-order valence-electron chi connectivity index (χ2n) is 7.96. The van der Waals surface area contributed by atoms with Crippen LogP contribution in [0.2, 0.25) is 5.02 Å². The molecule has 1 fully saturated rings. The van der Waals surface area contributed by atoms with Gasteiger partial charge in [-0.15, -0.1) is 0 Å². The van der Waals surface area contributed by atoms with Crippen LogP contribution >= 0.6 is 11.6 Å². The zero-order chi connectivity index (χ0) is 22.4. The van der Waals surface area contributed by atoms with Crippen LogP contribution in [0.25, 0.3) is 0 Å². The highest BCUT2D eigenvalue weighted by Gasteiger charge is 2.23. The van der Waals surface area contributed by atoms with Crippen LogP contribution in [-0.4, -0.2) is 55.4 Å².